The molecule has 0 bridgehead atoms. The maximum absolute atomic E-state index is 11.9. The molecular weight excluding hydrogens is 212 g/mol. The molecule has 1 aliphatic rings. The summed E-state index contributed by atoms with van der Waals surface area (Å²) in [5, 5.41) is 3.03. The molecule has 3 N–H and O–H groups in total. The average molecular weight is 240 g/mol. The lowest BCUT2D eigenvalue weighted by molar-refractivity contribution is -0.126. The highest BCUT2D eigenvalue weighted by Crippen LogP contribution is 2.27. The first-order valence-corrected chi connectivity index (χ1v) is 7.03. The minimum absolute atomic E-state index is 0.0120. The Morgan fingerprint density at radius 1 is 1.35 bits per heavy atom. The number of carbonyl (C=O) groups is 1. The van der Waals surface area contributed by atoms with E-state index in [9.17, 15) is 4.79 Å². The second kappa shape index (κ2) is 6.39. The van der Waals surface area contributed by atoms with Crippen molar-refractivity contribution in [1.29, 1.82) is 0 Å². The summed E-state index contributed by atoms with van der Waals surface area (Å²) in [5.74, 6) is 1.53. The number of nitrogens with two attached hydrogens (primary N) is 1. The van der Waals surface area contributed by atoms with Gasteiger partial charge in [-0.3, -0.25) is 4.79 Å². The van der Waals surface area contributed by atoms with Gasteiger partial charge in [-0.05, 0) is 38.0 Å². The van der Waals surface area contributed by atoms with Crippen molar-refractivity contribution in [3.63, 3.8) is 0 Å². The molecule has 0 heterocycles. The van der Waals surface area contributed by atoms with Gasteiger partial charge < -0.3 is 11.1 Å². The van der Waals surface area contributed by atoms with Crippen molar-refractivity contribution in [2.24, 2.45) is 17.6 Å². The van der Waals surface area contributed by atoms with Crippen LogP contribution in [-0.4, -0.2) is 18.0 Å². The van der Waals surface area contributed by atoms with E-state index in [1.807, 2.05) is 6.92 Å². The molecule has 1 amide bonds. The van der Waals surface area contributed by atoms with Crippen LogP contribution in [0, 0.1) is 11.8 Å². The largest absolute Gasteiger partial charge is 0.354 e. The molecule has 1 saturated carbocycles. The highest BCUT2D eigenvalue weighted by molar-refractivity contribution is 5.85. The molecule has 0 aromatic heterocycles. The van der Waals surface area contributed by atoms with E-state index < -0.39 is 5.54 Å². The Bertz CT molecular complexity index is 243. The lowest BCUT2D eigenvalue weighted by Gasteiger charge is -2.28. The van der Waals surface area contributed by atoms with Crippen LogP contribution >= 0.6 is 0 Å². The summed E-state index contributed by atoms with van der Waals surface area (Å²) >= 11 is 0. The van der Waals surface area contributed by atoms with Gasteiger partial charge >= 0.3 is 0 Å². The van der Waals surface area contributed by atoms with E-state index in [-0.39, 0.29) is 5.91 Å². The van der Waals surface area contributed by atoms with E-state index in [4.69, 9.17) is 5.73 Å². The minimum atomic E-state index is -0.698. The van der Waals surface area contributed by atoms with Crippen molar-refractivity contribution in [1.82, 2.24) is 5.32 Å². The number of carbonyl (C=O) groups excluding carboxylic acids is 1. The second-order valence-corrected chi connectivity index (χ2v) is 6.00. The van der Waals surface area contributed by atoms with Crippen LogP contribution in [0.5, 0.6) is 0 Å². The van der Waals surface area contributed by atoms with Gasteiger partial charge in [-0.15, -0.1) is 0 Å². The smallest absolute Gasteiger partial charge is 0.239 e. The molecule has 1 rings (SSSR count). The Labute approximate surface area is 106 Å². The molecule has 3 heteroatoms. The fourth-order valence-electron chi connectivity index (χ4n) is 2.61. The van der Waals surface area contributed by atoms with Gasteiger partial charge in [0, 0.05) is 6.54 Å². The van der Waals surface area contributed by atoms with Crippen molar-refractivity contribution < 1.29 is 4.79 Å². The maximum atomic E-state index is 11.9. The van der Waals surface area contributed by atoms with Crippen molar-refractivity contribution >= 4 is 5.91 Å². The van der Waals surface area contributed by atoms with Gasteiger partial charge in [-0.2, -0.15) is 0 Å². The highest BCUT2D eigenvalue weighted by atomic mass is 16.2. The van der Waals surface area contributed by atoms with Crippen LogP contribution in [0.3, 0.4) is 0 Å². The normalized spacial score (nSPS) is 28.5. The molecular formula is C14H28N2O. The fourth-order valence-corrected chi connectivity index (χ4v) is 2.61. The average Bonchev–Trinajstić information content (AvgIpc) is 2.27. The Morgan fingerprint density at radius 2 is 1.94 bits per heavy atom. The van der Waals surface area contributed by atoms with Gasteiger partial charge in [0.2, 0.25) is 5.91 Å². The van der Waals surface area contributed by atoms with Crippen LogP contribution < -0.4 is 11.1 Å². The summed E-state index contributed by atoms with van der Waals surface area (Å²) in [5.41, 5.74) is 5.30. The van der Waals surface area contributed by atoms with Crippen LogP contribution in [0.4, 0.5) is 0 Å². The van der Waals surface area contributed by atoms with Crippen LogP contribution in [0.15, 0.2) is 0 Å². The molecule has 1 aliphatic carbocycles. The van der Waals surface area contributed by atoms with Gasteiger partial charge in [-0.25, -0.2) is 0 Å². The van der Waals surface area contributed by atoms with Crippen LogP contribution in [0.2, 0.25) is 0 Å². The summed E-state index contributed by atoms with van der Waals surface area (Å²) in [4.78, 5) is 11.9. The summed E-state index contributed by atoms with van der Waals surface area (Å²) < 4.78 is 0. The van der Waals surface area contributed by atoms with E-state index in [0.29, 0.717) is 5.92 Å². The summed E-state index contributed by atoms with van der Waals surface area (Å²) in [6.07, 6.45) is 6.79. The van der Waals surface area contributed by atoms with Crippen molar-refractivity contribution in [2.75, 3.05) is 6.54 Å². The Hall–Kier alpha value is -0.570. The lowest BCUT2D eigenvalue weighted by atomic mass is 9.83. The number of amides is 1. The first kappa shape index (κ1) is 14.5. The Balaban J connectivity index is 2.28. The number of hydrogen-bond acceptors (Lipinski definition) is 2. The predicted octanol–water partition coefficient (Wildman–Crippen LogP) is 2.45. The highest BCUT2D eigenvalue weighted by Gasteiger charge is 2.27. The van der Waals surface area contributed by atoms with Gasteiger partial charge in [0.15, 0.2) is 0 Å². The van der Waals surface area contributed by atoms with Gasteiger partial charge in [0.1, 0.15) is 0 Å². The maximum Gasteiger partial charge on any atom is 0.239 e. The predicted molar refractivity (Wildman–Crippen MR) is 71.6 cm³/mol. The number of nitrogens with one attached hydrogen (secondary N) is 1. The minimum Gasteiger partial charge on any atom is -0.354 e. The third-order valence-electron chi connectivity index (χ3n) is 3.97. The third kappa shape index (κ3) is 4.66. The molecule has 1 unspecified atom stereocenters. The zero-order chi connectivity index (χ0) is 12.9. The quantitative estimate of drug-likeness (QED) is 0.775. The van der Waals surface area contributed by atoms with E-state index in [2.05, 4.69) is 19.2 Å². The molecule has 0 spiro atoms. The van der Waals surface area contributed by atoms with Gasteiger partial charge in [0.05, 0.1) is 5.54 Å². The molecule has 0 radical (unpaired) electrons. The standard InChI is InChI=1S/C14H28N2O/c1-4-9-14(3,15)13(17)16-10-12-7-5-11(2)6-8-12/h11-12H,4-10,15H2,1-3H3,(H,16,17). The Morgan fingerprint density at radius 3 is 2.47 bits per heavy atom. The molecule has 3 nitrogen and oxygen atoms in total. The molecule has 100 valence electrons. The van der Waals surface area contributed by atoms with Crippen LogP contribution in [0.1, 0.15) is 59.3 Å². The van der Waals surface area contributed by atoms with Crippen molar-refractivity contribution in [3.8, 4) is 0 Å². The van der Waals surface area contributed by atoms with Gasteiger partial charge in [-0.1, -0.05) is 33.1 Å². The lowest BCUT2D eigenvalue weighted by Crippen LogP contribution is -2.52. The fraction of sp³-hybridized carbons (Fsp3) is 0.929. The van der Waals surface area contributed by atoms with Crippen molar-refractivity contribution in [3.05, 3.63) is 0 Å². The monoisotopic (exact) mass is 240 g/mol. The van der Waals surface area contributed by atoms with Gasteiger partial charge in [0.25, 0.3) is 0 Å². The van der Waals surface area contributed by atoms with Crippen molar-refractivity contribution in [2.45, 2.75) is 64.8 Å². The van der Waals surface area contributed by atoms with Crippen LogP contribution in [-0.2, 0) is 4.79 Å². The molecule has 0 aliphatic heterocycles. The molecule has 1 fully saturated rings. The zero-order valence-corrected chi connectivity index (χ0v) is 11.6. The molecule has 0 aromatic carbocycles. The molecule has 0 saturated heterocycles. The Kier molecular flexibility index (Phi) is 5.44. The second-order valence-electron chi connectivity index (χ2n) is 6.00. The van der Waals surface area contributed by atoms with Crippen LogP contribution in [0.25, 0.3) is 0 Å². The summed E-state index contributed by atoms with van der Waals surface area (Å²) in [6.45, 7) is 7.00. The zero-order valence-electron chi connectivity index (χ0n) is 11.6. The van der Waals surface area contributed by atoms with E-state index in [0.717, 1.165) is 25.3 Å². The first-order valence-electron chi connectivity index (χ1n) is 7.03. The number of hydrogen-bond donors (Lipinski definition) is 2. The molecule has 1 atom stereocenters. The topological polar surface area (TPSA) is 55.1 Å². The number of rotatable bonds is 5. The third-order valence-corrected chi connectivity index (χ3v) is 3.97. The molecule has 0 aromatic rings. The SMILES string of the molecule is CCCC(C)(N)C(=O)NCC1CCC(C)CC1. The first-order chi connectivity index (χ1) is 7.95. The summed E-state index contributed by atoms with van der Waals surface area (Å²) in [7, 11) is 0. The summed E-state index contributed by atoms with van der Waals surface area (Å²) in [6, 6.07) is 0. The van der Waals surface area contributed by atoms with E-state index >= 15 is 0 Å². The van der Waals surface area contributed by atoms with E-state index in [1.165, 1.54) is 25.7 Å². The molecule has 17 heavy (non-hydrogen) atoms. The van der Waals surface area contributed by atoms with E-state index in [1.54, 1.807) is 0 Å².